The molecule has 1 rings (SSSR count). The Labute approximate surface area is 134 Å². The molecule has 1 aromatic carbocycles. The molecule has 0 saturated heterocycles. The van der Waals surface area contributed by atoms with Gasteiger partial charge in [-0.1, -0.05) is 38.4 Å². The zero-order chi connectivity index (χ0) is 15.7. The van der Waals surface area contributed by atoms with Crippen molar-refractivity contribution in [3.05, 3.63) is 28.8 Å². The molecular formula is C17H29ClN2O. The number of hydrogen-bond donors (Lipinski definition) is 1. The summed E-state index contributed by atoms with van der Waals surface area (Å²) in [5.41, 5.74) is 2.34. The molecule has 1 aromatic rings. The quantitative estimate of drug-likeness (QED) is 0.704. The van der Waals surface area contributed by atoms with Crippen LogP contribution in [0.5, 0.6) is 0 Å². The van der Waals surface area contributed by atoms with E-state index in [2.05, 4.69) is 49.2 Å². The van der Waals surface area contributed by atoms with Crippen LogP contribution in [-0.4, -0.2) is 32.8 Å². The summed E-state index contributed by atoms with van der Waals surface area (Å²) in [6.07, 6.45) is 2.24. The summed E-state index contributed by atoms with van der Waals surface area (Å²) in [6.45, 7) is 9.95. The minimum atomic E-state index is 0.524. The number of nitrogens with one attached hydrogen (secondary N) is 1. The normalized spacial score (nSPS) is 11.1. The Morgan fingerprint density at radius 1 is 1.24 bits per heavy atom. The van der Waals surface area contributed by atoms with Gasteiger partial charge in [0.2, 0.25) is 0 Å². The number of methoxy groups -OCH3 is 1. The van der Waals surface area contributed by atoms with Gasteiger partial charge in [0.1, 0.15) is 0 Å². The molecule has 0 saturated carbocycles. The van der Waals surface area contributed by atoms with Crippen LogP contribution in [0.25, 0.3) is 0 Å². The summed E-state index contributed by atoms with van der Waals surface area (Å²) in [4.78, 5) is 2.41. The second-order valence-corrected chi connectivity index (χ2v) is 5.62. The van der Waals surface area contributed by atoms with Crippen molar-refractivity contribution in [2.45, 2.75) is 46.2 Å². The lowest BCUT2D eigenvalue weighted by atomic mass is 10.1. The fraction of sp³-hybridized carbons (Fsp3) is 0.647. The highest BCUT2D eigenvalue weighted by molar-refractivity contribution is 6.31. The third kappa shape index (κ3) is 5.50. The van der Waals surface area contributed by atoms with Gasteiger partial charge in [0.05, 0.1) is 6.61 Å². The molecule has 0 atom stereocenters. The maximum absolute atomic E-state index is 6.44. The van der Waals surface area contributed by atoms with Crippen LogP contribution in [0.15, 0.2) is 18.2 Å². The van der Waals surface area contributed by atoms with E-state index >= 15 is 0 Å². The van der Waals surface area contributed by atoms with Gasteiger partial charge in [0.15, 0.2) is 0 Å². The maximum atomic E-state index is 6.44. The smallest absolute Gasteiger partial charge is 0.0637 e. The molecule has 1 N–H and O–H groups in total. The Kier molecular flexibility index (Phi) is 8.74. The Morgan fingerprint density at radius 3 is 2.48 bits per heavy atom. The van der Waals surface area contributed by atoms with Crippen molar-refractivity contribution in [3.8, 4) is 0 Å². The van der Waals surface area contributed by atoms with Crippen molar-refractivity contribution < 1.29 is 4.74 Å². The van der Waals surface area contributed by atoms with Crippen molar-refractivity contribution in [3.63, 3.8) is 0 Å². The number of halogens is 1. The van der Waals surface area contributed by atoms with Gasteiger partial charge in [-0.2, -0.15) is 0 Å². The summed E-state index contributed by atoms with van der Waals surface area (Å²) >= 11 is 6.44. The average molecular weight is 313 g/mol. The van der Waals surface area contributed by atoms with Crippen LogP contribution in [0.2, 0.25) is 5.02 Å². The number of hydrogen-bond acceptors (Lipinski definition) is 3. The van der Waals surface area contributed by atoms with Crippen LogP contribution >= 0.6 is 11.6 Å². The molecule has 0 bridgehead atoms. The van der Waals surface area contributed by atoms with Gasteiger partial charge in [0, 0.05) is 37.0 Å². The molecule has 21 heavy (non-hydrogen) atoms. The summed E-state index contributed by atoms with van der Waals surface area (Å²) in [7, 11) is 1.75. The predicted molar refractivity (Wildman–Crippen MR) is 92.4 cm³/mol. The second-order valence-electron chi connectivity index (χ2n) is 5.21. The van der Waals surface area contributed by atoms with Crippen molar-refractivity contribution in [1.29, 1.82) is 0 Å². The van der Waals surface area contributed by atoms with E-state index < -0.39 is 0 Å². The van der Waals surface area contributed by atoms with E-state index in [-0.39, 0.29) is 0 Å². The third-order valence-electron chi connectivity index (χ3n) is 3.85. The van der Waals surface area contributed by atoms with E-state index in [4.69, 9.17) is 16.3 Å². The molecule has 0 fully saturated rings. The molecule has 0 aromatic heterocycles. The first-order valence-electron chi connectivity index (χ1n) is 7.92. The van der Waals surface area contributed by atoms with Crippen LogP contribution in [0, 0.1) is 0 Å². The Bertz CT molecular complexity index is 408. The molecule has 0 heterocycles. The number of nitrogens with zero attached hydrogens (tertiary/aromatic N) is 1. The fourth-order valence-corrected chi connectivity index (χ4v) is 2.80. The van der Waals surface area contributed by atoms with E-state index in [1.807, 2.05) is 0 Å². The number of rotatable bonds is 10. The molecule has 0 radical (unpaired) electrons. The molecule has 0 amide bonds. The Morgan fingerprint density at radius 2 is 1.95 bits per heavy atom. The van der Waals surface area contributed by atoms with Crippen molar-refractivity contribution in [1.82, 2.24) is 5.32 Å². The van der Waals surface area contributed by atoms with Gasteiger partial charge in [0.25, 0.3) is 0 Å². The number of benzene rings is 1. The van der Waals surface area contributed by atoms with Gasteiger partial charge < -0.3 is 15.0 Å². The van der Waals surface area contributed by atoms with Crippen LogP contribution in [0.1, 0.15) is 39.2 Å². The Balaban J connectivity index is 2.93. The number of anilines is 1. The van der Waals surface area contributed by atoms with Crippen molar-refractivity contribution >= 4 is 17.3 Å². The third-order valence-corrected chi connectivity index (χ3v) is 4.21. The first kappa shape index (κ1) is 18.3. The van der Waals surface area contributed by atoms with E-state index in [1.165, 1.54) is 5.69 Å². The molecule has 3 nitrogen and oxygen atoms in total. The van der Waals surface area contributed by atoms with Crippen molar-refractivity contribution in [2.24, 2.45) is 0 Å². The minimum Gasteiger partial charge on any atom is -0.383 e. The van der Waals surface area contributed by atoms with E-state index in [0.29, 0.717) is 6.04 Å². The SMILES string of the molecule is CCNCc1ccc(N(CCOC)C(CC)CC)cc1Cl. The molecule has 0 aliphatic heterocycles. The fourth-order valence-electron chi connectivity index (χ4n) is 2.56. The first-order valence-corrected chi connectivity index (χ1v) is 8.30. The topological polar surface area (TPSA) is 24.5 Å². The van der Waals surface area contributed by atoms with Gasteiger partial charge in [-0.15, -0.1) is 0 Å². The second kappa shape index (κ2) is 10.0. The average Bonchev–Trinajstić information content (AvgIpc) is 2.50. The van der Waals surface area contributed by atoms with Crippen LogP contribution in [0.3, 0.4) is 0 Å². The lowest BCUT2D eigenvalue weighted by Gasteiger charge is -2.33. The Hall–Kier alpha value is -0.770. The monoisotopic (exact) mass is 312 g/mol. The summed E-state index contributed by atoms with van der Waals surface area (Å²) in [5, 5.41) is 4.15. The van der Waals surface area contributed by atoms with E-state index in [0.717, 1.165) is 49.7 Å². The minimum absolute atomic E-state index is 0.524. The van der Waals surface area contributed by atoms with Gasteiger partial charge in [-0.05, 0) is 37.1 Å². The number of ether oxygens (including phenoxy) is 1. The van der Waals surface area contributed by atoms with Crippen molar-refractivity contribution in [2.75, 3.05) is 31.7 Å². The van der Waals surface area contributed by atoms with Gasteiger partial charge >= 0.3 is 0 Å². The van der Waals surface area contributed by atoms with Crippen LogP contribution < -0.4 is 10.2 Å². The van der Waals surface area contributed by atoms with Gasteiger partial charge in [-0.3, -0.25) is 0 Å². The maximum Gasteiger partial charge on any atom is 0.0637 e. The zero-order valence-electron chi connectivity index (χ0n) is 13.8. The summed E-state index contributed by atoms with van der Waals surface area (Å²) < 4.78 is 5.26. The standard InChI is InChI=1S/C17H29ClN2O/c1-5-15(6-2)20(10-11-21-4)16-9-8-14(13-19-7-3)17(18)12-16/h8-9,12,15,19H,5-7,10-11,13H2,1-4H3. The highest BCUT2D eigenvalue weighted by atomic mass is 35.5. The highest BCUT2D eigenvalue weighted by Crippen LogP contribution is 2.26. The zero-order valence-corrected chi connectivity index (χ0v) is 14.5. The van der Waals surface area contributed by atoms with Gasteiger partial charge in [-0.25, -0.2) is 0 Å². The molecule has 0 unspecified atom stereocenters. The first-order chi connectivity index (χ1) is 10.2. The van der Waals surface area contributed by atoms with E-state index in [1.54, 1.807) is 7.11 Å². The molecule has 0 aliphatic carbocycles. The molecule has 0 aliphatic rings. The molecule has 0 spiro atoms. The summed E-state index contributed by atoms with van der Waals surface area (Å²) in [6, 6.07) is 6.91. The molecule has 120 valence electrons. The summed E-state index contributed by atoms with van der Waals surface area (Å²) in [5.74, 6) is 0. The van der Waals surface area contributed by atoms with E-state index in [9.17, 15) is 0 Å². The van der Waals surface area contributed by atoms with Crippen LogP contribution in [-0.2, 0) is 11.3 Å². The lowest BCUT2D eigenvalue weighted by Crippen LogP contribution is -2.37. The molecule has 4 heteroatoms. The van der Waals surface area contributed by atoms with Crippen LogP contribution in [0.4, 0.5) is 5.69 Å². The highest BCUT2D eigenvalue weighted by Gasteiger charge is 2.16. The lowest BCUT2D eigenvalue weighted by molar-refractivity contribution is 0.202. The predicted octanol–water partition coefficient (Wildman–Crippen LogP) is 4.09. The molecular weight excluding hydrogens is 284 g/mol. The largest absolute Gasteiger partial charge is 0.383 e.